The lowest BCUT2D eigenvalue weighted by Crippen LogP contribution is -2.29. The molecule has 2 aromatic rings. The topological polar surface area (TPSA) is 39.3 Å². The third-order valence-corrected chi connectivity index (χ3v) is 4.14. The molecule has 0 radical (unpaired) electrons. The fraction of sp³-hybridized carbons (Fsp3) is 0.467. The zero-order valence-corrected chi connectivity index (χ0v) is 10.8. The van der Waals surface area contributed by atoms with Gasteiger partial charge in [-0.05, 0) is 48.4 Å². The number of likely N-dealkylation sites (tertiary alicyclic amines) is 1. The Kier molecular flexibility index (Phi) is 3.10. The number of hydrogen-bond acceptors (Lipinski definition) is 2. The van der Waals surface area contributed by atoms with Gasteiger partial charge in [-0.1, -0.05) is 6.07 Å². The molecule has 2 heterocycles. The number of aliphatic hydroxyl groups is 1. The van der Waals surface area contributed by atoms with Crippen LogP contribution in [0, 0.1) is 0 Å². The predicted octanol–water partition coefficient (Wildman–Crippen LogP) is 2.34. The second-order valence-electron chi connectivity index (χ2n) is 5.32. The fourth-order valence-corrected chi connectivity index (χ4v) is 3.11. The number of nitrogens with zero attached hydrogens (tertiary/aromatic N) is 1. The van der Waals surface area contributed by atoms with Crippen LogP contribution in [0.5, 0.6) is 0 Å². The summed E-state index contributed by atoms with van der Waals surface area (Å²) in [5, 5.41) is 10.4. The van der Waals surface area contributed by atoms with Crippen molar-refractivity contribution >= 4 is 10.9 Å². The van der Waals surface area contributed by atoms with Gasteiger partial charge in [-0.25, -0.2) is 0 Å². The van der Waals surface area contributed by atoms with Gasteiger partial charge >= 0.3 is 0 Å². The van der Waals surface area contributed by atoms with Gasteiger partial charge in [0.15, 0.2) is 0 Å². The lowest BCUT2D eigenvalue weighted by molar-refractivity contribution is 0.191. The number of fused-ring (bicyclic) bond motifs is 1. The van der Waals surface area contributed by atoms with E-state index < -0.39 is 0 Å². The number of aromatic amines is 1. The van der Waals surface area contributed by atoms with Gasteiger partial charge in [0.1, 0.15) is 0 Å². The Hall–Kier alpha value is -1.32. The van der Waals surface area contributed by atoms with Crippen molar-refractivity contribution in [3.05, 3.63) is 36.0 Å². The first-order chi connectivity index (χ1) is 8.78. The Balaban J connectivity index is 1.82. The first kappa shape index (κ1) is 11.8. The average molecular weight is 244 g/mol. The summed E-state index contributed by atoms with van der Waals surface area (Å²) in [5.41, 5.74) is 2.63. The number of H-pyrrole nitrogens is 1. The summed E-state index contributed by atoms with van der Waals surface area (Å²) in [7, 11) is 0. The van der Waals surface area contributed by atoms with Crippen LogP contribution >= 0.6 is 0 Å². The van der Waals surface area contributed by atoms with E-state index in [1.165, 1.54) is 22.9 Å². The zero-order valence-electron chi connectivity index (χ0n) is 10.8. The third kappa shape index (κ3) is 2.04. The quantitative estimate of drug-likeness (QED) is 0.870. The molecule has 0 saturated carbocycles. The van der Waals surface area contributed by atoms with E-state index in [0.717, 1.165) is 13.1 Å². The summed E-state index contributed by atoms with van der Waals surface area (Å²) in [4.78, 5) is 5.61. The normalized spacial score (nSPS) is 25.0. The summed E-state index contributed by atoms with van der Waals surface area (Å²) >= 11 is 0. The lowest BCUT2D eigenvalue weighted by Gasteiger charge is -2.19. The minimum Gasteiger partial charge on any atom is -0.395 e. The standard InChI is InChI=1S/C15H20N2O/c1-11-8-14(10-17(11)6-7-18)12-2-3-15-13(9-12)4-5-16-15/h2-5,9,11,14,16,18H,6-8,10H2,1H3. The van der Waals surface area contributed by atoms with E-state index in [4.69, 9.17) is 5.11 Å². The van der Waals surface area contributed by atoms with Gasteiger partial charge in [0.2, 0.25) is 0 Å². The summed E-state index contributed by atoms with van der Waals surface area (Å²) in [5.74, 6) is 0.603. The third-order valence-electron chi connectivity index (χ3n) is 4.14. The number of nitrogens with one attached hydrogen (secondary N) is 1. The first-order valence-corrected chi connectivity index (χ1v) is 6.70. The van der Waals surface area contributed by atoms with Gasteiger partial charge in [-0.2, -0.15) is 0 Å². The molecule has 0 spiro atoms. The second kappa shape index (κ2) is 4.75. The maximum atomic E-state index is 9.07. The van der Waals surface area contributed by atoms with Crippen molar-refractivity contribution < 1.29 is 5.11 Å². The molecule has 1 aliphatic rings. The second-order valence-corrected chi connectivity index (χ2v) is 5.32. The Labute approximate surface area is 107 Å². The fourth-order valence-electron chi connectivity index (χ4n) is 3.11. The highest BCUT2D eigenvalue weighted by molar-refractivity contribution is 5.80. The maximum absolute atomic E-state index is 9.07. The van der Waals surface area contributed by atoms with Gasteiger partial charge in [0.05, 0.1) is 6.61 Å². The van der Waals surface area contributed by atoms with E-state index in [1.807, 2.05) is 6.20 Å². The molecule has 3 rings (SSSR count). The number of rotatable bonds is 3. The highest BCUT2D eigenvalue weighted by atomic mass is 16.3. The molecule has 1 aromatic heterocycles. The molecule has 1 fully saturated rings. The number of hydrogen-bond donors (Lipinski definition) is 2. The number of benzene rings is 1. The highest BCUT2D eigenvalue weighted by Gasteiger charge is 2.29. The molecule has 2 unspecified atom stereocenters. The molecule has 1 saturated heterocycles. The smallest absolute Gasteiger partial charge is 0.0558 e. The molecule has 18 heavy (non-hydrogen) atoms. The van der Waals surface area contributed by atoms with Crippen molar-refractivity contribution in [2.75, 3.05) is 19.7 Å². The molecular formula is C15H20N2O. The van der Waals surface area contributed by atoms with Crippen LogP contribution in [0.4, 0.5) is 0 Å². The molecule has 2 atom stereocenters. The largest absolute Gasteiger partial charge is 0.395 e. The lowest BCUT2D eigenvalue weighted by atomic mass is 9.96. The number of β-amino-alcohol motifs (C(OH)–C–C–N with tert-alkyl or cyclic N) is 1. The van der Waals surface area contributed by atoms with Crippen LogP contribution in [-0.2, 0) is 0 Å². The minimum atomic E-state index is 0.258. The van der Waals surface area contributed by atoms with Gasteiger partial charge in [0.25, 0.3) is 0 Å². The van der Waals surface area contributed by atoms with Crippen molar-refractivity contribution in [1.82, 2.24) is 9.88 Å². The Bertz CT molecular complexity index is 534. The van der Waals surface area contributed by atoms with Crippen molar-refractivity contribution in [3.63, 3.8) is 0 Å². The van der Waals surface area contributed by atoms with Gasteiger partial charge in [-0.15, -0.1) is 0 Å². The van der Waals surface area contributed by atoms with Crippen LogP contribution in [0.2, 0.25) is 0 Å². The first-order valence-electron chi connectivity index (χ1n) is 6.70. The van der Waals surface area contributed by atoms with Crippen LogP contribution in [0.1, 0.15) is 24.8 Å². The van der Waals surface area contributed by atoms with E-state index in [9.17, 15) is 0 Å². The van der Waals surface area contributed by atoms with Crippen LogP contribution in [0.25, 0.3) is 10.9 Å². The van der Waals surface area contributed by atoms with E-state index in [0.29, 0.717) is 12.0 Å². The number of aliphatic hydroxyl groups excluding tert-OH is 1. The Morgan fingerprint density at radius 3 is 3.11 bits per heavy atom. The van der Waals surface area contributed by atoms with Crippen LogP contribution < -0.4 is 0 Å². The molecule has 1 aromatic carbocycles. The summed E-state index contributed by atoms with van der Waals surface area (Å²) in [6.45, 7) is 4.38. The molecule has 0 aliphatic carbocycles. The predicted molar refractivity (Wildman–Crippen MR) is 73.8 cm³/mol. The van der Waals surface area contributed by atoms with Crippen LogP contribution in [0.3, 0.4) is 0 Å². The van der Waals surface area contributed by atoms with Crippen LogP contribution in [0.15, 0.2) is 30.5 Å². The van der Waals surface area contributed by atoms with Gasteiger partial charge in [0, 0.05) is 30.8 Å². The zero-order chi connectivity index (χ0) is 12.5. The molecule has 1 aliphatic heterocycles. The molecule has 0 amide bonds. The summed E-state index contributed by atoms with van der Waals surface area (Å²) in [6.07, 6.45) is 3.18. The molecule has 0 bridgehead atoms. The summed E-state index contributed by atoms with van der Waals surface area (Å²) < 4.78 is 0. The minimum absolute atomic E-state index is 0.258. The van der Waals surface area contributed by atoms with Gasteiger partial charge < -0.3 is 10.1 Å². The van der Waals surface area contributed by atoms with Crippen molar-refractivity contribution in [3.8, 4) is 0 Å². The molecule has 3 nitrogen and oxygen atoms in total. The molecule has 2 N–H and O–H groups in total. The van der Waals surface area contributed by atoms with Crippen LogP contribution in [-0.4, -0.2) is 40.7 Å². The molecule has 96 valence electrons. The van der Waals surface area contributed by atoms with E-state index in [-0.39, 0.29) is 6.61 Å². The van der Waals surface area contributed by atoms with E-state index >= 15 is 0 Å². The highest BCUT2D eigenvalue weighted by Crippen LogP contribution is 2.32. The average Bonchev–Trinajstić information content (AvgIpc) is 2.96. The summed E-state index contributed by atoms with van der Waals surface area (Å²) in [6, 6.07) is 9.40. The van der Waals surface area contributed by atoms with Crippen molar-refractivity contribution in [2.45, 2.75) is 25.3 Å². The molecule has 3 heteroatoms. The monoisotopic (exact) mass is 244 g/mol. The Morgan fingerprint density at radius 1 is 1.39 bits per heavy atom. The maximum Gasteiger partial charge on any atom is 0.0558 e. The van der Waals surface area contributed by atoms with Crippen molar-refractivity contribution in [1.29, 1.82) is 0 Å². The number of aromatic nitrogens is 1. The molecular weight excluding hydrogens is 224 g/mol. The van der Waals surface area contributed by atoms with E-state index in [2.05, 4.69) is 41.1 Å². The van der Waals surface area contributed by atoms with Crippen molar-refractivity contribution in [2.24, 2.45) is 0 Å². The van der Waals surface area contributed by atoms with Gasteiger partial charge in [-0.3, -0.25) is 4.90 Å². The Morgan fingerprint density at radius 2 is 2.28 bits per heavy atom. The van der Waals surface area contributed by atoms with E-state index in [1.54, 1.807) is 0 Å². The SMILES string of the molecule is CC1CC(c2ccc3[nH]ccc3c2)CN1CCO.